The average Bonchev–Trinajstić information content (AvgIpc) is 3.53. The van der Waals surface area contributed by atoms with Gasteiger partial charge in [0.1, 0.15) is 0 Å². The molecule has 0 spiro atoms. The Morgan fingerprint density at radius 3 is 1.32 bits per heavy atom. The molecule has 2 aromatic carbocycles. The van der Waals surface area contributed by atoms with E-state index in [1.165, 1.54) is 18.2 Å². The van der Waals surface area contributed by atoms with Gasteiger partial charge in [-0.3, -0.25) is 0 Å². The summed E-state index contributed by atoms with van der Waals surface area (Å²) >= 11 is 0. The summed E-state index contributed by atoms with van der Waals surface area (Å²) in [6, 6.07) is 20.0. The van der Waals surface area contributed by atoms with Gasteiger partial charge >= 0.3 is 5.97 Å². The summed E-state index contributed by atoms with van der Waals surface area (Å²) < 4.78 is 0. The van der Waals surface area contributed by atoms with Crippen molar-refractivity contribution in [3.05, 3.63) is 132 Å². The van der Waals surface area contributed by atoms with Crippen molar-refractivity contribution in [1.29, 1.82) is 0 Å². The molecule has 168 valence electrons. The molecule has 0 aromatic heterocycles. The zero-order chi connectivity index (χ0) is 21.5. The van der Waals surface area contributed by atoms with Crippen molar-refractivity contribution < 1.29 is 64.5 Å². The molecule has 6 nitrogen and oxygen atoms in total. The largest absolute Gasteiger partial charge is 0.481 e. The minimum atomic E-state index is -1.18. The molecule has 5 N–H and O–H groups in total. The molecule has 31 heavy (non-hydrogen) atoms. The average molecular weight is 506 g/mol. The Balaban J connectivity index is 0. The number of aliphatic hydroxyl groups is 4. The van der Waals surface area contributed by atoms with E-state index in [4.69, 9.17) is 25.5 Å². The van der Waals surface area contributed by atoms with E-state index in [-0.39, 0.29) is 45.3 Å². The Morgan fingerprint density at radius 2 is 1.10 bits per heavy atom. The molecule has 0 aliphatic heterocycles. The van der Waals surface area contributed by atoms with Crippen molar-refractivity contribution in [3.8, 4) is 0 Å². The van der Waals surface area contributed by atoms with Crippen molar-refractivity contribution in [3.63, 3.8) is 0 Å². The Hall–Kier alpha value is -3.15. The fourth-order valence-electron chi connectivity index (χ4n) is 1.97. The second-order valence-corrected chi connectivity index (χ2v) is 5.40. The molecule has 2 aliphatic rings. The summed E-state index contributed by atoms with van der Waals surface area (Å²) in [6.07, 6.45) is 10.8. The molecule has 8 heteroatoms. The van der Waals surface area contributed by atoms with Gasteiger partial charge in [-0.05, 0) is 24.3 Å². The van der Waals surface area contributed by atoms with E-state index in [2.05, 4.69) is 0 Å². The maximum absolute atomic E-state index is 10.4. The number of carbonyl (C=O) groups is 1. The van der Waals surface area contributed by atoms with E-state index in [9.17, 15) is 4.79 Å². The van der Waals surface area contributed by atoms with Crippen LogP contribution in [0.5, 0.6) is 0 Å². The topological polar surface area (TPSA) is 118 Å². The summed E-state index contributed by atoms with van der Waals surface area (Å²) in [5, 5.41) is 42.3. The van der Waals surface area contributed by atoms with Crippen LogP contribution in [0.3, 0.4) is 0 Å². The van der Waals surface area contributed by atoms with Crippen LogP contribution < -0.4 is 0 Å². The van der Waals surface area contributed by atoms with Crippen molar-refractivity contribution in [1.82, 2.24) is 0 Å². The van der Waals surface area contributed by atoms with Crippen LogP contribution in [-0.2, 0) is 38.9 Å². The van der Waals surface area contributed by atoms with Crippen molar-refractivity contribution in [2.45, 2.75) is 0 Å². The molecule has 0 atom stereocenters. The van der Waals surface area contributed by atoms with Gasteiger partial charge in [-0.15, -0.1) is 0 Å². The van der Waals surface area contributed by atoms with Crippen molar-refractivity contribution >= 4 is 5.97 Å². The summed E-state index contributed by atoms with van der Waals surface area (Å²) in [6.45, 7) is 0. The summed E-state index contributed by atoms with van der Waals surface area (Å²) in [5.74, 6) is -2.76. The second-order valence-electron chi connectivity index (χ2n) is 5.40. The number of hydrogen-bond donors (Lipinski definition) is 5. The van der Waals surface area contributed by atoms with Gasteiger partial charge in [0.2, 0.25) is 0 Å². The number of aliphatic carboxylic acids is 1. The number of aliphatic hydroxyl groups excluding tert-OH is 2. The molecule has 2 aliphatic carbocycles. The molecule has 0 bridgehead atoms. The Labute approximate surface area is 201 Å². The molecule has 4 rings (SSSR count). The predicted octanol–water partition coefficient (Wildman–Crippen LogP) is 5.14. The van der Waals surface area contributed by atoms with Gasteiger partial charge < -0.3 is 25.5 Å². The van der Waals surface area contributed by atoms with Crippen LogP contribution in [-0.4, -0.2) is 31.5 Å². The van der Waals surface area contributed by atoms with E-state index < -0.39 is 17.9 Å². The molecule has 0 fully saturated rings. The van der Waals surface area contributed by atoms with Gasteiger partial charge in [0, 0.05) is 34.1 Å². The maximum atomic E-state index is 10.4. The second kappa shape index (κ2) is 17.7. The predicted molar refractivity (Wildman–Crippen MR) is 112 cm³/mol. The number of hydrogen-bond acceptors (Lipinski definition) is 5. The van der Waals surface area contributed by atoms with E-state index >= 15 is 0 Å². The van der Waals surface area contributed by atoms with Gasteiger partial charge in [0.05, 0.1) is 16.7 Å². The Kier molecular flexibility index (Phi) is 17.1. The first-order valence-corrected chi connectivity index (χ1v) is 8.48. The molecule has 0 heterocycles. The third kappa shape index (κ3) is 12.9. The zero-order valence-corrected chi connectivity index (χ0v) is 18.4. The molecular weight excluding hydrogens is 484 g/mol. The molecule has 0 amide bonds. The SMILES string of the molecule is O=C(O)C1=CC=CC1=C(O)O.OC(O)=C1C=CC=C1.[Fe].[Fe].c1cc[cH-]c1.c1cc[cH-]c1. The smallest absolute Gasteiger partial charge is 0.336 e. The minimum absolute atomic E-state index is 0. The normalized spacial score (nSPS) is 11.8. The van der Waals surface area contributed by atoms with Crippen LogP contribution in [0.1, 0.15) is 0 Å². The van der Waals surface area contributed by atoms with E-state index in [1.54, 1.807) is 24.3 Å². The van der Waals surface area contributed by atoms with Crippen molar-refractivity contribution in [2.24, 2.45) is 0 Å². The quantitative estimate of drug-likeness (QED) is 0.208. The third-order valence-corrected chi connectivity index (χ3v) is 3.32. The fourth-order valence-corrected chi connectivity index (χ4v) is 1.97. The first-order chi connectivity index (χ1) is 13.9. The molecule has 2 aromatic rings. The van der Waals surface area contributed by atoms with Crippen molar-refractivity contribution in [2.75, 3.05) is 0 Å². The third-order valence-electron chi connectivity index (χ3n) is 3.32. The van der Waals surface area contributed by atoms with Gasteiger partial charge in [0.25, 0.3) is 11.9 Å². The van der Waals surface area contributed by atoms with Crippen LogP contribution in [0.4, 0.5) is 0 Å². The standard InChI is InChI=1S/C7H6O4.C6H6O2.2C5H5.2Fe/c8-6(9)4-2-1-3-5(4)7(10)11;7-6(8)5-3-1-2-4-5;2*1-2-4-5-3-1;;/h1-3,8-9H,(H,10,11);1-4,7-8H;2*1-5H;;/q;;2*-1;;. The number of carboxylic acid groups (broad SMARTS) is 1. The maximum Gasteiger partial charge on any atom is 0.336 e. The Bertz CT molecular complexity index is 833. The first-order valence-electron chi connectivity index (χ1n) is 8.48. The molecular formula is C23H22Fe2O6-2. The minimum Gasteiger partial charge on any atom is -0.481 e. The van der Waals surface area contributed by atoms with Crippen LogP contribution in [0.25, 0.3) is 0 Å². The molecule has 0 saturated carbocycles. The van der Waals surface area contributed by atoms with E-state index in [0.29, 0.717) is 5.57 Å². The first kappa shape index (κ1) is 30.0. The molecule has 0 radical (unpaired) electrons. The van der Waals surface area contributed by atoms with Crippen LogP contribution in [0.2, 0.25) is 0 Å². The van der Waals surface area contributed by atoms with E-state index in [0.717, 1.165) is 0 Å². The van der Waals surface area contributed by atoms with Crippen LogP contribution in [0.15, 0.2) is 132 Å². The number of carboxylic acids is 1. The van der Waals surface area contributed by atoms with Gasteiger partial charge in [-0.2, -0.15) is 36.4 Å². The monoisotopic (exact) mass is 506 g/mol. The number of rotatable bonds is 1. The van der Waals surface area contributed by atoms with Crippen LogP contribution >= 0.6 is 0 Å². The Morgan fingerprint density at radius 1 is 0.645 bits per heavy atom. The summed E-state index contributed by atoms with van der Waals surface area (Å²) in [4.78, 5) is 10.4. The van der Waals surface area contributed by atoms with Gasteiger partial charge in [-0.25, -0.2) is 29.1 Å². The van der Waals surface area contributed by atoms with Gasteiger partial charge in [-0.1, -0.05) is 18.2 Å². The van der Waals surface area contributed by atoms with E-state index in [1.807, 2.05) is 60.7 Å². The number of allylic oxidation sites excluding steroid dienone is 8. The zero-order valence-electron chi connectivity index (χ0n) is 16.2. The van der Waals surface area contributed by atoms with Gasteiger partial charge in [0.15, 0.2) is 0 Å². The summed E-state index contributed by atoms with van der Waals surface area (Å²) in [5.41, 5.74) is 0.299. The fraction of sp³-hybridized carbons (Fsp3) is 0. The molecule has 0 saturated heterocycles. The summed E-state index contributed by atoms with van der Waals surface area (Å²) in [7, 11) is 0. The molecule has 0 unspecified atom stereocenters. The van der Waals surface area contributed by atoms with Crippen LogP contribution in [0, 0.1) is 0 Å².